The van der Waals surface area contributed by atoms with E-state index in [4.69, 9.17) is 10.7 Å². The van der Waals surface area contributed by atoms with Crippen LogP contribution in [-0.4, -0.2) is 18.7 Å². The molecule has 2 N–H and O–H groups in total. The van der Waals surface area contributed by atoms with E-state index in [1.165, 1.54) is 44.8 Å². The molecule has 9 rings (SSSR count). The van der Waals surface area contributed by atoms with E-state index in [1.54, 1.807) is 6.20 Å². The second-order valence-electron chi connectivity index (χ2n) is 12.8. The zero-order chi connectivity index (χ0) is 32.2. The van der Waals surface area contributed by atoms with Gasteiger partial charge in [-0.2, -0.15) is 0 Å². The fraction of sp³-hybridized carbons (Fsp3) is 0.140. The Balaban J connectivity index is 1.19. The van der Waals surface area contributed by atoms with Crippen LogP contribution in [0.4, 0.5) is 0 Å². The summed E-state index contributed by atoms with van der Waals surface area (Å²) in [7, 11) is 0. The van der Waals surface area contributed by atoms with Crippen molar-refractivity contribution in [1.82, 2.24) is 18.7 Å². The monoisotopic (exact) mass is 623 g/mol. The molecule has 3 aromatic heterocycles. The Morgan fingerprint density at radius 2 is 1.27 bits per heavy atom. The van der Waals surface area contributed by atoms with E-state index in [1.807, 2.05) is 6.07 Å². The molecule has 48 heavy (non-hydrogen) atoms. The van der Waals surface area contributed by atoms with Gasteiger partial charge in [0.05, 0.1) is 21.9 Å². The second kappa shape index (κ2) is 11.5. The van der Waals surface area contributed by atoms with Crippen LogP contribution in [0.2, 0.25) is 0 Å². The summed E-state index contributed by atoms with van der Waals surface area (Å²) in [6.45, 7) is 4.57. The first kappa shape index (κ1) is 28.4. The highest BCUT2D eigenvalue weighted by Gasteiger charge is 2.24. The highest BCUT2D eigenvalue weighted by molar-refractivity contribution is 5.95. The zero-order valence-electron chi connectivity index (χ0n) is 26.9. The van der Waals surface area contributed by atoms with Gasteiger partial charge in [0.25, 0.3) is 0 Å². The summed E-state index contributed by atoms with van der Waals surface area (Å²) in [5, 5.41) is 2.86. The number of imidazole rings is 1. The smallest absolute Gasteiger partial charge is 0.145 e. The molecule has 0 saturated carbocycles. The molecule has 0 aliphatic heterocycles. The molecular formula is C43H37N5. The minimum absolute atomic E-state index is 0.782. The molecule has 0 fully saturated rings. The molecule has 5 nitrogen and oxygen atoms in total. The van der Waals surface area contributed by atoms with Gasteiger partial charge in [0.15, 0.2) is 0 Å². The molecule has 5 heteroatoms. The number of hydrogen-bond acceptors (Lipinski definition) is 2. The van der Waals surface area contributed by atoms with Gasteiger partial charge in [0, 0.05) is 45.6 Å². The van der Waals surface area contributed by atoms with Crippen molar-refractivity contribution in [1.29, 1.82) is 0 Å². The number of aromatic nitrogens is 4. The van der Waals surface area contributed by atoms with Gasteiger partial charge in [-0.3, -0.25) is 4.57 Å². The predicted octanol–water partition coefficient (Wildman–Crippen LogP) is 7.81. The van der Waals surface area contributed by atoms with Crippen molar-refractivity contribution in [3.8, 4) is 22.8 Å². The Bertz CT molecular complexity index is 2420. The minimum atomic E-state index is 0.782. The lowest BCUT2D eigenvalue weighted by Crippen LogP contribution is -2.28. The average Bonchev–Trinajstić information content (AvgIpc) is 3.78. The maximum atomic E-state index is 6.41. The van der Waals surface area contributed by atoms with E-state index in [0.29, 0.717) is 0 Å². The number of hydrogen-bond donors (Lipinski definition) is 1. The zero-order valence-corrected chi connectivity index (χ0v) is 26.9. The van der Waals surface area contributed by atoms with Gasteiger partial charge in [-0.1, -0.05) is 61.2 Å². The number of fused-ring (bicyclic) bond motifs is 6. The van der Waals surface area contributed by atoms with E-state index >= 15 is 0 Å². The van der Waals surface area contributed by atoms with Gasteiger partial charge in [-0.05, 0) is 122 Å². The third kappa shape index (κ3) is 4.42. The van der Waals surface area contributed by atoms with Crippen LogP contribution in [0.25, 0.3) is 70.2 Å². The van der Waals surface area contributed by atoms with E-state index < -0.39 is 0 Å². The number of allylic oxidation sites excluding steroid dienone is 4. The summed E-state index contributed by atoms with van der Waals surface area (Å²) in [5.74, 6) is 0.844. The standard InChI is InChI=1S/C43H37N5/c1-29-38(27-33(28-44)48-41-21-11-7-17-36(41)37-18-8-12-22-42(37)48)45-43(46(29)31-13-3-2-4-14-31)30-23-25-32(26-24-30)47-39-19-9-5-15-34(39)35-16-6-10-20-40(35)47/h2-4,7,9-14,17,19-28H,1,5-6,8,15-16,18,44H2/b33-28+,38-27+. The van der Waals surface area contributed by atoms with Crippen molar-refractivity contribution in [3.63, 3.8) is 0 Å². The van der Waals surface area contributed by atoms with Crippen LogP contribution < -0.4 is 16.4 Å². The lowest BCUT2D eigenvalue weighted by Gasteiger charge is -2.14. The Morgan fingerprint density at radius 1 is 0.667 bits per heavy atom. The van der Waals surface area contributed by atoms with E-state index in [9.17, 15) is 0 Å². The first-order valence-corrected chi connectivity index (χ1v) is 17.0. The van der Waals surface area contributed by atoms with Gasteiger partial charge in [0.2, 0.25) is 0 Å². The molecular weight excluding hydrogens is 587 g/mol. The van der Waals surface area contributed by atoms with Crippen LogP contribution in [0, 0.1) is 0 Å². The first-order chi connectivity index (χ1) is 23.7. The predicted molar refractivity (Wildman–Crippen MR) is 200 cm³/mol. The Labute approximate surface area is 280 Å². The van der Waals surface area contributed by atoms with Gasteiger partial charge in [0.1, 0.15) is 5.82 Å². The minimum Gasteiger partial charge on any atom is -0.403 e. The Kier molecular flexibility index (Phi) is 6.78. The summed E-state index contributed by atoms with van der Waals surface area (Å²) >= 11 is 0. The van der Waals surface area contributed by atoms with Crippen molar-refractivity contribution in [3.05, 3.63) is 148 Å². The number of rotatable bonds is 5. The Hall–Kier alpha value is -5.81. The second-order valence-corrected chi connectivity index (χ2v) is 12.8. The molecule has 0 spiro atoms. The molecule has 0 atom stereocenters. The fourth-order valence-corrected chi connectivity index (χ4v) is 7.93. The molecule has 3 aliphatic rings. The van der Waals surface area contributed by atoms with Crippen LogP contribution in [0.5, 0.6) is 0 Å². The highest BCUT2D eigenvalue weighted by atomic mass is 15.1. The summed E-state index contributed by atoms with van der Waals surface area (Å²) in [4.78, 5) is 5.27. The number of aryl methyl sites for hydroxylation is 1. The summed E-state index contributed by atoms with van der Waals surface area (Å²) in [6.07, 6.45) is 24.0. The molecule has 6 aromatic rings. The van der Waals surface area contributed by atoms with Gasteiger partial charge in [-0.25, -0.2) is 4.98 Å². The lowest BCUT2D eigenvalue weighted by atomic mass is 9.94. The fourth-order valence-electron chi connectivity index (χ4n) is 7.93. The van der Waals surface area contributed by atoms with Crippen LogP contribution >= 0.6 is 0 Å². The topological polar surface area (TPSA) is 53.7 Å². The summed E-state index contributed by atoms with van der Waals surface area (Å²) in [6, 6.07) is 27.8. The molecule has 234 valence electrons. The average molecular weight is 624 g/mol. The first-order valence-electron chi connectivity index (χ1n) is 17.0. The van der Waals surface area contributed by atoms with Crippen LogP contribution in [0.1, 0.15) is 53.0 Å². The molecule has 0 unspecified atom stereocenters. The molecule has 3 aliphatic carbocycles. The van der Waals surface area contributed by atoms with E-state index in [-0.39, 0.29) is 0 Å². The quantitative estimate of drug-likeness (QED) is 0.213. The van der Waals surface area contributed by atoms with Crippen LogP contribution in [-0.2, 0) is 19.3 Å². The third-order valence-corrected chi connectivity index (χ3v) is 10.1. The third-order valence-electron chi connectivity index (χ3n) is 10.1. The van der Waals surface area contributed by atoms with Gasteiger partial charge < -0.3 is 14.9 Å². The molecule has 3 aromatic carbocycles. The van der Waals surface area contributed by atoms with Crippen LogP contribution in [0.3, 0.4) is 0 Å². The lowest BCUT2D eigenvalue weighted by molar-refractivity contribution is 0.922. The van der Waals surface area contributed by atoms with Crippen molar-refractivity contribution in [2.75, 3.05) is 0 Å². The van der Waals surface area contributed by atoms with E-state index in [0.717, 1.165) is 77.5 Å². The molecule has 0 radical (unpaired) electrons. The highest BCUT2D eigenvalue weighted by Crippen LogP contribution is 2.36. The number of benzene rings is 3. The Morgan fingerprint density at radius 3 is 1.96 bits per heavy atom. The SMILES string of the molecule is C=c1/c(=C\C(=C/N)n2c3c(c4ccccc42)CCC=C3)nc(-c2ccc(-n3c4c(c5c3C=CCC5)CCC=C4)cc2)n1-c1ccccc1. The summed E-state index contributed by atoms with van der Waals surface area (Å²) < 4.78 is 6.85. The maximum absolute atomic E-state index is 6.41. The number of nitrogens with two attached hydrogens (primary N) is 1. The van der Waals surface area contributed by atoms with E-state index in [2.05, 4.69) is 136 Å². The summed E-state index contributed by atoms with van der Waals surface area (Å²) in [5.41, 5.74) is 19.8. The number of nitrogens with zero attached hydrogens (tertiary/aromatic N) is 4. The molecule has 0 saturated heterocycles. The molecule has 3 heterocycles. The van der Waals surface area contributed by atoms with Crippen molar-refractivity contribution in [2.45, 2.75) is 38.5 Å². The molecule has 0 amide bonds. The van der Waals surface area contributed by atoms with Gasteiger partial charge >= 0.3 is 0 Å². The van der Waals surface area contributed by atoms with Crippen LogP contribution in [0.15, 0.2) is 103 Å². The van der Waals surface area contributed by atoms with Crippen molar-refractivity contribution in [2.24, 2.45) is 5.73 Å². The van der Waals surface area contributed by atoms with Gasteiger partial charge in [-0.15, -0.1) is 0 Å². The maximum Gasteiger partial charge on any atom is 0.145 e. The normalized spacial score (nSPS) is 15.6. The molecule has 0 bridgehead atoms. The largest absolute Gasteiger partial charge is 0.403 e. The van der Waals surface area contributed by atoms with Crippen molar-refractivity contribution < 1.29 is 0 Å². The van der Waals surface area contributed by atoms with Crippen molar-refractivity contribution >= 4 is 47.5 Å². The number of para-hydroxylation sites is 2.